The monoisotopic (exact) mass is 304 g/mol. The van der Waals surface area contributed by atoms with Crippen LogP contribution in [0.3, 0.4) is 0 Å². The first-order valence-corrected chi connectivity index (χ1v) is 7.17. The molecular formula is C15H30NO5+. The number of quaternary nitrogens is 1. The highest BCUT2D eigenvalue weighted by atomic mass is 17.0. The number of hydrogen-bond donors (Lipinski definition) is 0. The smallest absolute Gasteiger partial charge is 0.134 e. The van der Waals surface area contributed by atoms with Crippen molar-refractivity contribution in [3.8, 4) is 0 Å². The number of rotatable bonds is 15. The molecule has 0 saturated heterocycles. The topological polar surface area (TPSA) is 46.2 Å². The van der Waals surface area contributed by atoms with E-state index in [-0.39, 0.29) is 10.9 Å². The summed E-state index contributed by atoms with van der Waals surface area (Å²) in [5.41, 5.74) is 0. The highest BCUT2D eigenvalue weighted by Gasteiger charge is 2.22. The molecule has 0 aliphatic carbocycles. The highest BCUT2D eigenvalue weighted by Crippen LogP contribution is 2.08. The van der Waals surface area contributed by atoms with Crippen LogP contribution in [0.1, 0.15) is 13.3 Å². The van der Waals surface area contributed by atoms with Crippen LogP contribution in [-0.2, 0) is 23.9 Å². The third-order valence-electron chi connectivity index (χ3n) is 2.43. The van der Waals surface area contributed by atoms with Gasteiger partial charge in [0, 0.05) is 13.0 Å². The zero-order valence-corrected chi connectivity index (χ0v) is 13.6. The van der Waals surface area contributed by atoms with Gasteiger partial charge in [0.2, 0.25) is 0 Å². The summed E-state index contributed by atoms with van der Waals surface area (Å²) in [4.78, 5) is 11.4. The van der Waals surface area contributed by atoms with Crippen molar-refractivity contribution in [2.75, 3.05) is 53.7 Å². The lowest BCUT2D eigenvalue weighted by Gasteiger charge is -2.27. The second kappa shape index (κ2) is 12.8. The van der Waals surface area contributed by atoms with Gasteiger partial charge in [-0.15, -0.1) is 6.58 Å². The molecule has 0 aliphatic rings. The van der Waals surface area contributed by atoms with Crippen LogP contribution < -0.4 is 0 Å². The number of ether oxygens (including phenoxy) is 3. The SMILES string of the molecule is C=CCOCCC(C)O[N+](C)(C)OCCOCCOC=C. The highest BCUT2D eigenvalue weighted by molar-refractivity contribution is 4.63. The normalized spacial score (nSPS) is 12.9. The van der Waals surface area contributed by atoms with E-state index in [0.29, 0.717) is 39.6 Å². The van der Waals surface area contributed by atoms with Gasteiger partial charge in [-0.2, -0.15) is 9.68 Å². The van der Waals surface area contributed by atoms with E-state index in [1.165, 1.54) is 6.26 Å². The molecule has 0 aromatic heterocycles. The van der Waals surface area contributed by atoms with Gasteiger partial charge in [0.15, 0.2) is 0 Å². The average Bonchev–Trinajstić information content (AvgIpc) is 2.42. The van der Waals surface area contributed by atoms with Gasteiger partial charge in [-0.1, -0.05) is 12.7 Å². The van der Waals surface area contributed by atoms with Crippen molar-refractivity contribution in [1.29, 1.82) is 0 Å². The first-order chi connectivity index (χ1) is 10.0. The predicted molar refractivity (Wildman–Crippen MR) is 81.2 cm³/mol. The molecule has 0 amide bonds. The van der Waals surface area contributed by atoms with Gasteiger partial charge in [-0.05, 0) is 11.7 Å². The summed E-state index contributed by atoms with van der Waals surface area (Å²) >= 11 is 0. The van der Waals surface area contributed by atoms with Crippen molar-refractivity contribution in [2.24, 2.45) is 0 Å². The lowest BCUT2D eigenvalue weighted by atomic mass is 10.3. The molecule has 1 unspecified atom stereocenters. The van der Waals surface area contributed by atoms with Crippen molar-refractivity contribution in [2.45, 2.75) is 19.4 Å². The number of hydrogen-bond acceptors (Lipinski definition) is 5. The molecule has 124 valence electrons. The second-order valence-corrected chi connectivity index (χ2v) is 4.80. The molecule has 0 radical (unpaired) electrons. The maximum atomic E-state index is 5.78. The Balaban J connectivity index is 3.61. The van der Waals surface area contributed by atoms with E-state index in [1.54, 1.807) is 6.08 Å². The molecule has 0 spiro atoms. The van der Waals surface area contributed by atoms with E-state index in [0.717, 1.165) is 6.42 Å². The molecule has 0 rings (SSSR count). The molecule has 21 heavy (non-hydrogen) atoms. The summed E-state index contributed by atoms with van der Waals surface area (Å²) < 4.78 is 15.6. The third kappa shape index (κ3) is 13.8. The fourth-order valence-corrected chi connectivity index (χ4v) is 1.54. The minimum Gasteiger partial charge on any atom is -0.499 e. The Kier molecular flexibility index (Phi) is 12.2. The van der Waals surface area contributed by atoms with Crippen molar-refractivity contribution in [1.82, 2.24) is 0 Å². The van der Waals surface area contributed by atoms with E-state index < -0.39 is 0 Å². The maximum Gasteiger partial charge on any atom is 0.134 e. The van der Waals surface area contributed by atoms with Gasteiger partial charge < -0.3 is 14.2 Å². The molecule has 0 saturated carbocycles. The lowest BCUT2D eigenvalue weighted by molar-refractivity contribution is -1.23. The van der Waals surface area contributed by atoms with Crippen molar-refractivity contribution < 1.29 is 28.7 Å². The molecular weight excluding hydrogens is 274 g/mol. The van der Waals surface area contributed by atoms with Crippen LogP contribution in [0.25, 0.3) is 0 Å². The van der Waals surface area contributed by atoms with E-state index in [4.69, 9.17) is 23.9 Å². The van der Waals surface area contributed by atoms with E-state index in [9.17, 15) is 0 Å². The van der Waals surface area contributed by atoms with Gasteiger partial charge >= 0.3 is 0 Å². The van der Waals surface area contributed by atoms with Crippen LogP contribution in [0.15, 0.2) is 25.5 Å². The Hall–Kier alpha value is -0.920. The number of nitrogens with zero attached hydrogens (tertiary/aromatic N) is 1. The van der Waals surface area contributed by atoms with Gasteiger partial charge in [0.1, 0.15) is 33.4 Å². The third-order valence-corrected chi connectivity index (χ3v) is 2.43. The van der Waals surface area contributed by atoms with Gasteiger partial charge in [-0.3, -0.25) is 0 Å². The van der Waals surface area contributed by atoms with Crippen LogP contribution in [0.5, 0.6) is 0 Å². The minimum absolute atomic E-state index is 0.0230. The van der Waals surface area contributed by atoms with Crippen molar-refractivity contribution in [3.05, 3.63) is 25.5 Å². The number of hydroxylamine groups is 4. The van der Waals surface area contributed by atoms with Crippen molar-refractivity contribution in [3.63, 3.8) is 0 Å². The Bertz CT molecular complexity index is 271. The summed E-state index contributed by atoms with van der Waals surface area (Å²) in [7, 11) is 3.67. The van der Waals surface area contributed by atoms with Gasteiger partial charge in [-0.25, -0.2) is 0 Å². The Morgan fingerprint density at radius 3 is 2.38 bits per heavy atom. The molecule has 0 N–H and O–H groups in total. The van der Waals surface area contributed by atoms with Gasteiger partial charge in [0.25, 0.3) is 0 Å². The summed E-state index contributed by atoms with van der Waals surface area (Å²) in [5, 5.41) is 0. The van der Waals surface area contributed by atoms with Crippen LogP contribution in [-0.4, -0.2) is 64.7 Å². The van der Waals surface area contributed by atoms with Gasteiger partial charge in [0.05, 0.1) is 26.1 Å². The predicted octanol–water partition coefficient (Wildman–Crippen LogP) is 2.08. The molecule has 0 bridgehead atoms. The Labute approximate surface area is 128 Å². The molecule has 0 heterocycles. The first kappa shape index (κ1) is 20.1. The summed E-state index contributed by atoms with van der Waals surface area (Å²) in [6.45, 7) is 12.2. The van der Waals surface area contributed by atoms with E-state index >= 15 is 0 Å². The zero-order chi connectivity index (χ0) is 16.0. The summed E-state index contributed by atoms with van der Waals surface area (Å²) in [6.07, 6.45) is 3.96. The van der Waals surface area contributed by atoms with Crippen LogP contribution in [0.2, 0.25) is 0 Å². The maximum absolute atomic E-state index is 5.78. The first-order valence-electron chi connectivity index (χ1n) is 7.17. The zero-order valence-electron chi connectivity index (χ0n) is 13.6. The molecule has 0 fully saturated rings. The quantitative estimate of drug-likeness (QED) is 0.152. The largest absolute Gasteiger partial charge is 0.499 e. The Morgan fingerprint density at radius 2 is 1.71 bits per heavy atom. The second-order valence-electron chi connectivity index (χ2n) is 4.80. The summed E-state index contributed by atoms with van der Waals surface area (Å²) in [5.74, 6) is 0. The molecule has 6 nitrogen and oxygen atoms in total. The molecule has 6 heteroatoms. The fourth-order valence-electron chi connectivity index (χ4n) is 1.54. The standard InChI is InChI=1S/C15H30NO5/c1-6-9-18-10-8-15(3)21-16(4,5)20-14-13-19-12-11-17-7-2/h6-7,15H,1-2,8-14H2,3-5H3/q+1. The Morgan fingerprint density at radius 1 is 1.00 bits per heavy atom. The molecule has 1 atom stereocenters. The van der Waals surface area contributed by atoms with Crippen LogP contribution >= 0.6 is 0 Å². The molecule has 0 aromatic rings. The minimum atomic E-state index is 0.0230. The van der Waals surface area contributed by atoms with E-state index in [1.807, 2.05) is 21.0 Å². The van der Waals surface area contributed by atoms with Crippen LogP contribution in [0, 0.1) is 0 Å². The molecule has 0 aliphatic heterocycles. The summed E-state index contributed by atoms with van der Waals surface area (Å²) in [6, 6.07) is 0. The van der Waals surface area contributed by atoms with Crippen LogP contribution in [0.4, 0.5) is 0 Å². The van der Waals surface area contributed by atoms with E-state index in [2.05, 4.69) is 13.2 Å². The molecule has 0 aromatic carbocycles. The average molecular weight is 304 g/mol. The fraction of sp³-hybridized carbons (Fsp3) is 0.733. The lowest BCUT2D eigenvalue weighted by Crippen LogP contribution is -2.43. The van der Waals surface area contributed by atoms with Crippen molar-refractivity contribution >= 4 is 0 Å².